The number of hydrogen-bond donors (Lipinski definition) is 1. The van der Waals surface area contributed by atoms with Gasteiger partial charge in [0.2, 0.25) is 10.0 Å². The van der Waals surface area contributed by atoms with E-state index < -0.39 is 10.0 Å². The van der Waals surface area contributed by atoms with E-state index in [4.69, 9.17) is 9.26 Å². The molecule has 1 spiro atoms. The molecule has 2 aromatic rings. The number of ether oxygens (including phenoxy) is 1. The third-order valence-electron chi connectivity index (χ3n) is 6.24. The number of hydrogen-bond acceptors (Lipinski definition) is 7. The number of rotatable bonds is 5. The van der Waals surface area contributed by atoms with Gasteiger partial charge in [-0.25, -0.2) is 8.42 Å². The van der Waals surface area contributed by atoms with Crippen LogP contribution in [0.3, 0.4) is 0 Å². The molecular weight excluding hydrogens is 420 g/mol. The lowest BCUT2D eigenvalue weighted by atomic mass is 9.80. The van der Waals surface area contributed by atoms with Crippen molar-refractivity contribution in [1.82, 2.24) is 19.8 Å². The fraction of sp³-hybridized carbons (Fsp3) is 0.571. The molecule has 2 aliphatic heterocycles. The van der Waals surface area contributed by atoms with E-state index in [1.54, 1.807) is 38.2 Å². The van der Waals surface area contributed by atoms with Gasteiger partial charge in [-0.2, -0.15) is 4.31 Å². The second-order valence-electron chi connectivity index (χ2n) is 8.37. The molecule has 10 heteroatoms. The van der Waals surface area contributed by atoms with E-state index in [2.05, 4.69) is 15.5 Å². The maximum atomic E-state index is 13.1. The van der Waals surface area contributed by atoms with Crippen molar-refractivity contribution < 1.29 is 22.5 Å². The topological polar surface area (TPSA) is 115 Å². The summed E-state index contributed by atoms with van der Waals surface area (Å²) in [5, 5.41) is 6.76. The zero-order valence-corrected chi connectivity index (χ0v) is 18.7. The number of aromatic nitrogens is 2. The standard InChI is InChI=1S/C21H28N4O5S/c1-15-19(16(2)30-24-15)31(27,28)25-10-7-21(8-11-25)13-17(6-12-29-21)14-23-20(26)18-5-3-4-9-22-18/h3-5,9,17H,6-8,10-14H2,1-2H3,(H,23,26). The molecule has 1 unspecified atom stereocenters. The molecule has 2 aromatic heterocycles. The van der Waals surface area contributed by atoms with E-state index in [0.717, 1.165) is 12.8 Å². The molecule has 4 rings (SSSR count). The van der Waals surface area contributed by atoms with Gasteiger partial charge < -0.3 is 14.6 Å². The molecular formula is C21H28N4O5S. The van der Waals surface area contributed by atoms with Crippen molar-refractivity contribution in [2.45, 2.75) is 50.0 Å². The lowest BCUT2D eigenvalue weighted by Gasteiger charge is -2.45. The number of piperidine rings is 1. The van der Waals surface area contributed by atoms with Gasteiger partial charge in [-0.05, 0) is 57.6 Å². The fourth-order valence-corrected chi connectivity index (χ4v) is 6.32. The van der Waals surface area contributed by atoms with Crippen LogP contribution in [0.15, 0.2) is 33.8 Å². The average molecular weight is 449 g/mol. The largest absolute Gasteiger partial charge is 0.375 e. The maximum absolute atomic E-state index is 13.1. The van der Waals surface area contributed by atoms with Crippen LogP contribution >= 0.6 is 0 Å². The van der Waals surface area contributed by atoms with Crippen LogP contribution < -0.4 is 5.32 Å². The molecule has 1 N–H and O–H groups in total. The molecule has 1 amide bonds. The Bertz CT molecular complexity index is 1010. The molecule has 0 saturated carbocycles. The SMILES string of the molecule is Cc1noc(C)c1S(=O)(=O)N1CCC2(CC1)CC(CNC(=O)c1ccccn1)CCO2. The van der Waals surface area contributed by atoms with Gasteiger partial charge in [-0.15, -0.1) is 0 Å². The van der Waals surface area contributed by atoms with Crippen LogP contribution in [0, 0.1) is 19.8 Å². The molecule has 168 valence electrons. The molecule has 31 heavy (non-hydrogen) atoms. The van der Waals surface area contributed by atoms with E-state index in [0.29, 0.717) is 56.2 Å². The van der Waals surface area contributed by atoms with Gasteiger partial charge in [0, 0.05) is 32.4 Å². The molecule has 0 bridgehead atoms. The molecule has 2 fully saturated rings. The molecule has 4 heterocycles. The van der Waals surface area contributed by atoms with Gasteiger partial charge >= 0.3 is 0 Å². The Hall–Kier alpha value is -2.30. The van der Waals surface area contributed by atoms with Crippen LogP contribution in [0.2, 0.25) is 0 Å². The summed E-state index contributed by atoms with van der Waals surface area (Å²) in [7, 11) is -3.64. The normalized spacial score (nSPS) is 21.8. The van der Waals surface area contributed by atoms with Crippen LogP contribution in [0.25, 0.3) is 0 Å². The van der Waals surface area contributed by atoms with Gasteiger partial charge in [-0.1, -0.05) is 11.2 Å². The fourth-order valence-electron chi connectivity index (χ4n) is 4.58. The highest BCUT2D eigenvalue weighted by Gasteiger charge is 2.43. The molecule has 0 aliphatic carbocycles. The van der Waals surface area contributed by atoms with Crippen LogP contribution in [-0.2, 0) is 14.8 Å². The van der Waals surface area contributed by atoms with Gasteiger partial charge in [-0.3, -0.25) is 9.78 Å². The predicted molar refractivity (Wildman–Crippen MR) is 112 cm³/mol. The first-order valence-corrected chi connectivity index (χ1v) is 12.0. The molecule has 2 saturated heterocycles. The van der Waals surface area contributed by atoms with Crippen LogP contribution in [0.5, 0.6) is 0 Å². The lowest BCUT2D eigenvalue weighted by Crippen LogP contribution is -2.51. The minimum atomic E-state index is -3.64. The van der Waals surface area contributed by atoms with Crippen molar-refractivity contribution in [3.05, 3.63) is 41.5 Å². The first-order chi connectivity index (χ1) is 14.8. The smallest absolute Gasteiger partial charge is 0.269 e. The summed E-state index contributed by atoms with van der Waals surface area (Å²) < 4.78 is 38.8. The van der Waals surface area contributed by atoms with Crippen molar-refractivity contribution in [2.75, 3.05) is 26.2 Å². The minimum Gasteiger partial charge on any atom is -0.375 e. The zero-order valence-electron chi connectivity index (χ0n) is 17.8. The highest BCUT2D eigenvalue weighted by atomic mass is 32.2. The number of pyridine rings is 1. The number of nitrogens with one attached hydrogen (secondary N) is 1. The summed E-state index contributed by atoms with van der Waals surface area (Å²) >= 11 is 0. The Labute approximate surface area is 182 Å². The lowest BCUT2D eigenvalue weighted by molar-refractivity contribution is -0.119. The molecule has 2 aliphatic rings. The quantitative estimate of drug-likeness (QED) is 0.744. The molecule has 1 atom stereocenters. The Morgan fingerprint density at radius 2 is 2.06 bits per heavy atom. The van der Waals surface area contributed by atoms with Gasteiger partial charge in [0.15, 0.2) is 5.76 Å². The van der Waals surface area contributed by atoms with E-state index in [1.807, 2.05) is 0 Å². The second kappa shape index (κ2) is 8.68. The summed E-state index contributed by atoms with van der Waals surface area (Å²) in [6, 6.07) is 5.25. The summed E-state index contributed by atoms with van der Waals surface area (Å²) in [6.45, 7) is 5.20. The average Bonchev–Trinajstić information content (AvgIpc) is 3.12. The Kier molecular flexibility index (Phi) is 6.14. The third kappa shape index (κ3) is 4.51. The van der Waals surface area contributed by atoms with Gasteiger partial charge in [0.1, 0.15) is 16.3 Å². The van der Waals surface area contributed by atoms with Gasteiger partial charge in [0.25, 0.3) is 5.91 Å². The van der Waals surface area contributed by atoms with Crippen LogP contribution in [0.1, 0.15) is 47.6 Å². The number of aryl methyl sites for hydroxylation is 2. The van der Waals surface area contributed by atoms with E-state index >= 15 is 0 Å². The maximum Gasteiger partial charge on any atom is 0.269 e. The van der Waals surface area contributed by atoms with Crippen molar-refractivity contribution in [2.24, 2.45) is 5.92 Å². The highest BCUT2D eigenvalue weighted by molar-refractivity contribution is 7.89. The van der Waals surface area contributed by atoms with E-state index in [9.17, 15) is 13.2 Å². The Balaban J connectivity index is 1.35. The van der Waals surface area contributed by atoms with Crippen molar-refractivity contribution in [1.29, 1.82) is 0 Å². The molecule has 9 nitrogen and oxygen atoms in total. The number of carbonyl (C=O) groups is 1. The number of carbonyl (C=O) groups excluding carboxylic acids is 1. The first-order valence-electron chi connectivity index (χ1n) is 10.6. The van der Waals surface area contributed by atoms with E-state index in [-0.39, 0.29) is 22.3 Å². The summed E-state index contributed by atoms with van der Waals surface area (Å²) in [6.07, 6.45) is 4.52. The zero-order chi connectivity index (χ0) is 22.1. The minimum absolute atomic E-state index is 0.170. The van der Waals surface area contributed by atoms with Crippen molar-refractivity contribution in [3.8, 4) is 0 Å². The number of nitrogens with zero attached hydrogens (tertiary/aromatic N) is 3. The van der Waals surface area contributed by atoms with Crippen molar-refractivity contribution in [3.63, 3.8) is 0 Å². The van der Waals surface area contributed by atoms with Gasteiger partial charge in [0.05, 0.1) is 5.60 Å². The summed E-state index contributed by atoms with van der Waals surface area (Å²) in [5.74, 6) is 0.420. The first kappa shape index (κ1) is 21.9. The number of sulfonamides is 1. The predicted octanol–water partition coefficient (Wildman–Crippen LogP) is 2.07. The number of amides is 1. The summed E-state index contributed by atoms with van der Waals surface area (Å²) in [4.78, 5) is 16.5. The van der Waals surface area contributed by atoms with Crippen molar-refractivity contribution >= 4 is 15.9 Å². The van der Waals surface area contributed by atoms with Crippen LogP contribution in [0.4, 0.5) is 0 Å². The van der Waals surface area contributed by atoms with E-state index in [1.165, 1.54) is 4.31 Å². The highest BCUT2D eigenvalue weighted by Crippen LogP contribution is 2.39. The Morgan fingerprint density at radius 1 is 1.29 bits per heavy atom. The Morgan fingerprint density at radius 3 is 2.71 bits per heavy atom. The monoisotopic (exact) mass is 448 g/mol. The molecule has 0 aromatic carbocycles. The molecule has 0 radical (unpaired) electrons. The summed E-state index contributed by atoms with van der Waals surface area (Å²) in [5.41, 5.74) is 0.446. The van der Waals surface area contributed by atoms with Crippen LogP contribution in [-0.4, -0.2) is 60.6 Å². The third-order valence-corrected chi connectivity index (χ3v) is 8.39. The second-order valence-corrected chi connectivity index (χ2v) is 10.2.